The molecule has 0 bridgehead atoms. The molecular weight excluding hydrogens is 236 g/mol. The largest absolute Gasteiger partial charge is 0.378 e. The molecule has 3 nitrogen and oxygen atoms in total. The van der Waals surface area contributed by atoms with Crippen LogP contribution in [0.1, 0.15) is 56.2 Å². The van der Waals surface area contributed by atoms with Crippen LogP contribution in [-0.4, -0.2) is 12.7 Å². The maximum atomic E-state index is 5.69. The summed E-state index contributed by atoms with van der Waals surface area (Å²) < 4.78 is 5.65. The standard InChI is InChI=1S/C16H26N2O/c1-2-13-8-10-14(11-9-13)16(18-17)7-3-5-15-6-4-12-19-15/h8-11,15-16,18H,2-7,12,17H2,1H3. The lowest BCUT2D eigenvalue weighted by Gasteiger charge is -2.17. The van der Waals surface area contributed by atoms with E-state index in [2.05, 4.69) is 36.6 Å². The molecule has 1 aliphatic heterocycles. The van der Waals surface area contributed by atoms with Crippen molar-refractivity contribution in [2.75, 3.05) is 6.61 Å². The van der Waals surface area contributed by atoms with Gasteiger partial charge in [0, 0.05) is 12.6 Å². The van der Waals surface area contributed by atoms with E-state index in [-0.39, 0.29) is 6.04 Å². The molecule has 1 fully saturated rings. The molecule has 0 amide bonds. The Morgan fingerprint density at radius 1 is 1.37 bits per heavy atom. The van der Waals surface area contributed by atoms with Gasteiger partial charge in [0.15, 0.2) is 0 Å². The number of ether oxygens (including phenoxy) is 1. The van der Waals surface area contributed by atoms with Crippen LogP contribution in [0.3, 0.4) is 0 Å². The summed E-state index contributed by atoms with van der Waals surface area (Å²) in [6, 6.07) is 9.02. The number of hydrazine groups is 1. The summed E-state index contributed by atoms with van der Waals surface area (Å²) >= 11 is 0. The third-order valence-electron chi connectivity index (χ3n) is 4.03. The summed E-state index contributed by atoms with van der Waals surface area (Å²) in [5, 5.41) is 0. The number of hydrogen-bond acceptors (Lipinski definition) is 3. The number of hydrogen-bond donors (Lipinski definition) is 2. The first kappa shape index (κ1) is 14.5. The molecule has 106 valence electrons. The fourth-order valence-corrected chi connectivity index (χ4v) is 2.75. The van der Waals surface area contributed by atoms with Crippen molar-refractivity contribution in [1.29, 1.82) is 0 Å². The lowest BCUT2D eigenvalue weighted by molar-refractivity contribution is 0.101. The van der Waals surface area contributed by atoms with Crippen LogP contribution in [0.25, 0.3) is 0 Å². The topological polar surface area (TPSA) is 47.3 Å². The third-order valence-corrected chi connectivity index (χ3v) is 4.03. The van der Waals surface area contributed by atoms with Gasteiger partial charge in [-0.2, -0.15) is 0 Å². The molecule has 0 aromatic heterocycles. The fourth-order valence-electron chi connectivity index (χ4n) is 2.75. The zero-order chi connectivity index (χ0) is 13.5. The Morgan fingerprint density at radius 3 is 2.74 bits per heavy atom. The minimum atomic E-state index is 0.257. The third kappa shape index (κ3) is 4.30. The first-order chi connectivity index (χ1) is 9.33. The highest BCUT2D eigenvalue weighted by atomic mass is 16.5. The van der Waals surface area contributed by atoms with E-state index in [4.69, 9.17) is 10.6 Å². The van der Waals surface area contributed by atoms with Gasteiger partial charge in [0.1, 0.15) is 0 Å². The molecule has 0 aliphatic carbocycles. The summed E-state index contributed by atoms with van der Waals surface area (Å²) in [5.74, 6) is 5.69. The summed E-state index contributed by atoms with van der Waals surface area (Å²) in [4.78, 5) is 0. The second kappa shape index (κ2) is 7.63. The van der Waals surface area contributed by atoms with Crippen LogP contribution in [-0.2, 0) is 11.2 Å². The molecule has 0 radical (unpaired) electrons. The molecule has 0 spiro atoms. The molecule has 1 heterocycles. The molecule has 2 unspecified atom stereocenters. The highest BCUT2D eigenvalue weighted by molar-refractivity contribution is 5.24. The van der Waals surface area contributed by atoms with Crippen LogP contribution >= 0.6 is 0 Å². The number of benzene rings is 1. The van der Waals surface area contributed by atoms with Gasteiger partial charge in [0.05, 0.1) is 6.10 Å². The molecule has 19 heavy (non-hydrogen) atoms. The Bertz CT molecular complexity index is 358. The van der Waals surface area contributed by atoms with Crippen molar-refractivity contribution >= 4 is 0 Å². The summed E-state index contributed by atoms with van der Waals surface area (Å²) in [7, 11) is 0. The van der Waals surface area contributed by atoms with E-state index < -0.39 is 0 Å². The van der Waals surface area contributed by atoms with Crippen molar-refractivity contribution in [3.05, 3.63) is 35.4 Å². The first-order valence-corrected chi connectivity index (χ1v) is 7.50. The van der Waals surface area contributed by atoms with Gasteiger partial charge >= 0.3 is 0 Å². The van der Waals surface area contributed by atoms with Crippen molar-refractivity contribution in [3.63, 3.8) is 0 Å². The molecule has 0 saturated carbocycles. The van der Waals surface area contributed by atoms with Gasteiger partial charge < -0.3 is 4.74 Å². The van der Waals surface area contributed by atoms with E-state index in [9.17, 15) is 0 Å². The Labute approximate surface area is 116 Å². The van der Waals surface area contributed by atoms with Gasteiger partial charge in [0.25, 0.3) is 0 Å². The Morgan fingerprint density at radius 2 is 2.16 bits per heavy atom. The van der Waals surface area contributed by atoms with E-state index in [1.54, 1.807) is 0 Å². The number of aryl methyl sites for hydroxylation is 1. The second-order valence-corrected chi connectivity index (χ2v) is 5.38. The predicted octanol–water partition coefficient (Wildman–Crippen LogP) is 3.10. The Balaban J connectivity index is 1.80. The predicted molar refractivity (Wildman–Crippen MR) is 78.7 cm³/mol. The van der Waals surface area contributed by atoms with E-state index in [0.29, 0.717) is 6.10 Å². The van der Waals surface area contributed by atoms with Crippen LogP contribution < -0.4 is 11.3 Å². The highest BCUT2D eigenvalue weighted by Crippen LogP contribution is 2.23. The quantitative estimate of drug-likeness (QED) is 0.586. The van der Waals surface area contributed by atoms with Crippen LogP contribution in [0.4, 0.5) is 0 Å². The summed E-state index contributed by atoms with van der Waals surface area (Å²) in [5.41, 5.74) is 5.60. The molecule has 2 atom stereocenters. The second-order valence-electron chi connectivity index (χ2n) is 5.38. The van der Waals surface area contributed by atoms with Crippen LogP contribution in [0.2, 0.25) is 0 Å². The molecule has 1 saturated heterocycles. The van der Waals surface area contributed by atoms with E-state index in [0.717, 1.165) is 32.3 Å². The zero-order valence-corrected chi connectivity index (χ0v) is 11.9. The summed E-state index contributed by atoms with van der Waals surface area (Å²) in [6.07, 6.45) is 7.41. The molecule has 1 aromatic rings. The Hall–Kier alpha value is -0.900. The molecule has 1 aliphatic rings. The van der Waals surface area contributed by atoms with Crippen molar-refractivity contribution in [3.8, 4) is 0 Å². The van der Waals surface area contributed by atoms with E-state index in [1.165, 1.54) is 24.0 Å². The smallest absolute Gasteiger partial charge is 0.0576 e. The molecule has 3 heteroatoms. The van der Waals surface area contributed by atoms with Crippen LogP contribution in [0.5, 0.6) is 0 Å². The molecule has 3 N–H and O–H groups in total. The zero-order valence-electron chi connectivity index (χ0n) is 11.9. The molecular formula is C16H26N2O. The van der Waals surface area contributed by atoms with E-state index in [1.807, 2.05) is 0 Å². The normalized spacial score (nSPS) is 20.6. The maximum Gasteiger partial charge on any atom is 0.0576 e. The number of rotatable bonds is 7. The fraction of sp³-hybridized carbons (Fsp3) is 0.625. The minimum Gasteiger partial charge on any atom is -0.378 e. The average Bonchev–Trinajstić information content (AvgIpc) is 2.97. The van der Waals surface area contributed by atoms with Gasteiger partial charge in [-0.05, 0) is 49.7 Å². The van der Waals surface area contributed by atoms with Gasteiger partial charge in [-0.15, -0.1) is 0 Å². The highest BCUT2D eigenvalue weighted by Gasteiger charge is 2.16. The molecule has 1 aromatic carbocycles. The van der Waals surface area contributed by atoms with E-state index >= 15 is 0 Å². The average molecular weight is 262 g/mol. The van der Waals surface area contributed by atoms with Gasteiger partial charge in [0.2, 0.25) is 0 Å². The summed E-state index contributed by atoms with van der Waals surface area (Å²) in [6.45, 7) is 3.12. The van der Waals surface area contributed by atoms with Crippen LogP contribution in [0, 0.1) is 0 Å². The van der Waals surface area contributed by atoms with Gasteiger partial charge in [-0.1, -0.05) is 31.2 Å². The van der Waals surface area contributed by atoms with Crippen molar-refractivity contribution in [2.45, 2.75) is 57.6 Å². The monoisotopic (exact) mass is 262 g/mol. The minimum absolute atomic E-state index is 0.257. The lowest BCUT2D eigenvalue weighted by atomic mass is 9.98. The van der Waals surface area contributed by atoms with Crippen molar-refractivity contribution in [1.82, 2.24) is 5.43 Å². The van der Waals surface area contributed by atoms with Crippen molar-refractivity contribution < 1.29 is 4.74 Å². The van der Waals surface area contributed by atoms with Crippen molar-refractivity contribution in [2.24, 2.45) is 5.84 Å². The molecule has 2 rings (SSSR count). The van der Waals surface area contributed by atoms with Gasteiger partial charge in [-0.25, -0.2) is 0 Å². The lowest BCUT2D eigenvalue weighted by Crippen LogP contribution is -2.28. The number of nitrogens with one attached hydrogen (secondary N) is 1. The maximum absolute atomic E-state index is 5.69. The first-order valence-electron chi connectivity index (χ1n) is 7.50. The Kier molecular flexibility index (Phi) is 5.83. The number of nitrogens with two attached hydrogens (primary N) is 1. The SMILES string of the molecule is CCc1ccc(C(CCCC2CCCO2)NN)cc1. The van der Waals surface area contributed by atoms with Gasteiger partial charge in [-0.3, -0.25) is 11.3 Å². The van der Waals surface area contributed by atoms with Crippen LogP contribution in [0.15, 0.2) is 24.3 Å².